The zero-order valence-electron chi connectivity index (χ0n) is 8.36. The van der Waals surface area contributed by atoms with Gasteiger partial charge in [0.1, 0.15) is 0 Å². The Morgan fingerprint density at radius 2 is 2.25 bits per heavy atom. The van der Waals surface area contributed by atoms with Gasteiger partial charge in [0.2, 0.25) is 5.82 Å². The van der Waals surface area contributed by atoms with Gasteiger partial charge in [-0.1, -0.05) is 0 Å². The molecule has 0 radical (unpaired) electrons. The highest BCUT2D eigenvalue weighted by Crippen LogP contribution is 2.00. The molecule has 2 rings (SSSR count). The van der Waals surface area contributed by atoms with Crippen molar-refractivity contribution in [3.8, 4) is 5.82 Å². The van der Waals surface area contributed by atoms with Gasteiger partial charge in [0.15, 0.2) is 0 Å². The van der Waals surface area contributed by atoms with E-state index in [1.807, 2.05) is 0 Å². The van der Waals surface area contributed by atoms with Crippen LogP contribution in [0.25, 0.3) is 5.82 Å². The summed E-state index contributed by atoms with van der Waals surface area (Å²) in [5, 5.41) is 12.5. The maximum atomic E-state index is 11.6. The molecule has 0 bridgehead atoms. The molecule has 0 aliphatic heterocycles. The van der Waals surface area contributed by atoms with Crippen LogP contribution in [0.2, 0.25) is 0 Å². The average molecular weight is 220 g/mol. The van der Waals surface area contributed by atoms with Crippen LogP contribution in [0.5, 0.6) is 0 Å². The summed E-state index contributed by atoms with van der Waals surface area (Å²) < 4.78 is 2.48. The Kier molecular flexibility index (Phi) is 2.28. The van der Waals surface area contributed by atoms with E-state index in [4.69, 9.17) is 5.11 Å². The number of carbonyl (C=O) groups is 1. The Balaban J connectivity index is 2.55. The fourth-order valence-corrected chi connectivity index (χ4v) is 1.19. The van der Waals surface area contributed by atoms with Crippen LogP contribution in [0.1, 0.15) is 10.4 Å². The molecular weight excluding hydrogens is 212 g/mol. The Bertz CT molecular complexity index is 599. The van der Waals surface area contributed by atoms with Crippen LogP contribution < -0.4 is 5.56 Å². The van der Waals surface area contributed by atoms with Crippen molar-refractivity contribution in [1.82, 2.24) is 19.3 Å². The number of hydrogen-bond acceptors (Lipinski definition) is 4. The number of aromatic nitrogens is 4. The molecule has 1 N–H and O–H groups in total. The van der Waals surface area contributed by atoms with Crippen molar-refractivity contribution < 1.29 is 9.90 Å². The highest BCUT2D eigenvalue weighted by Gasteiger charge is 2.10. The van der Waals surface area contributed by atoms with Gasteiger partial charge in [0, 0.05) is 25.6 Å². The number of aromatic carboxylic acids is 1. The van der Waals surface area contributed by atoms with Crippen molar-refractivity contribution in [3.63, 3.8) is 0 Å². The van der Waals surface area contributed by atoms with E-state index in [0.717, 1.165) is 10.9 Å². The van der Waals surface area contributed by atoms with Gasteiger partial charge < -0.3 is 9.67 Å². The van der Waals surface area contributed by atoms with Crippen molar-refractivity contribution in [1.29, 1.82) is 0 Å². The van der Waals surface area contributed by atoms with Gasteiger partial charge in [-0.15, -0.1) is 0 Å². The first-order valence-electron chi connectivity index (χ1n) is 4.39. The summed E-state index contributed by atoms with van der Waals surface area (Å²) >= 11 is 0. The van der Waals surface area contributed by atoms with Crippen LogP contribution in [0.4, 0.5) is 0 Å². The van der Waals surface area contributed by atoms with Crippen molar-refractivity contribution >= 4 is 5.97 Å². The number of carboxylic acid groups (broad SMARTS) is 1. The standard InChI is InChI=1S/C9H8N4O3/c1-12-3-2-10-7(8(12)14)13-5-6(4-11-13)9(15)16/h2-5H,1H3,(H,15,16). The number of nitrogens with zero attached hydrogens (tertiary/aromatic N) is 4. The first-order chi connectivity index (χ1) is 7.59. The Morgan fingerprint density at radius 1 is 1.50 bits per heavy atom. The lowest BCUT2D eigenvalue weighted by Gasteiger charge is -2.00. The van der Waals surface area contributed by atoms with Crippen molar-refractivity contribution in [3.05, 3.63) is 40.7 Å². The first kappa shape index (κ1) is 10.1. The summed E-state index contributed by atoms with van der Waals surface area (Å²) in [5.41, 5.74) is -0.338. The molecule has 0 fully saturated rings. The Labute approximate surface area is 89.6 Å². The fraction of sp³-hybridized carbons (Fsp3) is 0.111. The number of rotatable bonds is 2. The predicted octanol–water partition coefficient (Wildman–Crippen LogP) is -0.336. The maximum absolute atomic E-state index is 11.6. The molecule has 2 aromatic heterocycles. The van der Waals surface area contributed by atoms with Gasteiger partial charge in [-0.05, 0) is 0 Å². The molecule has 0 aliphatic rings. The molecule has 0 atom stereocenters. The number of aryl methyl sites for hydroxylation is 1. The van der Waals surface area contributed by atoms with Crippen LogP contribution in [0.15, 0.2) is 29.6 Å². The molecule has 2 heterocycles. The van der Waals surface area contributed by atoms with Crippen LogP contribution >= 0.6 is 0 Å². The third-order valence-electron chi connectivity index (χ3n) is 2.05. The van der Waals surface area contributed by atoms with E-state index in [2.05, 4.69) is 10.1 Å². The lowest BCUT2D eigenvalue weighted by atomic mass is 10.4. The topological polar surface area (TPSA) is 90.0 Å². The highest BCUT2D eigenvalue weighted by molar-refractivity contribution is 5.86. The van der Waals surface area contributed by atoms with Crippen molar-refractivity contribution in [2.24, 2.45) is 7.05 Å². The number of carboxylic acids is 1. The maximum Gasteiger partial charge on any atom is 0.338 e. The quantitative estimate of drug-likeness (QED) is 0.748. The summed E-state index contributed by atoms with van der Waals surface area (Å²) in [5.74, 6) is -1.03. The fourth-order valence-electron chi connectivity index (χ4n) is 1.19. The predicted molar refractivity (Wildman–Crippen MR) is 53.6 cm³/mol. The SMILES string of the molecule is Cn1ccnc(-n2cc(C(=O)O)cn2)c1=O. The van der Waals surface area contributed by atoms with E-state index >= 15 is 0 Å². The zero-order chi connectivity index (χ0) is 11.7. The van der Waals surface area contributed by atoms with Crippen molar-refractivity contribution in [2.75, 3.05) is 0 Å². The van der Waals surface area contributed by atoms with Gasteiger partial charge >= 0.3 is 5.97 Å². The summed E-state index contributed by atoms with van der Waals surface area (Å²) in [4.78, 5) is 26.1. The van der Waals surface area contributed by atoms with Crippen LogP contribution in [0, 0.1) is 0 Å². The minimum absolute atomic E-state index is 0.00714. The molecule has 0 unspecified atom stereocenters. The molecular formula is C9H8N4O3. The smallest absolute Gasteiger partial charge is 0.338 e. The van der Waals surface area contributed by atoms with Gasteiger partial charge in [-0.25, -0.2) is 14.5 Å². The summed E-state index contributed by atoms with van der Waals surface area (Å²) in [6, 6.07) is 0. The third-order valence-corrected chi connectivity index (χ3v) is 2.05. The molecule has 0 spiro atoms. The Hall–Kier alpha value is -2.44. The molecule has 0 saturated heterocycles. The molecule has 0 amide bonds. The normalized spacial score (nSPS) is 10.3. The molecule has 2 aromatic rings. The third kappa shape index (κ3) is 1.58. The highest BCUT2D eigenvalue weighted by atomic mass is 16.4. The largest absolute Gasteiger partial charge is 0.478 e. The van der Waals surface area contributed by atoms with E-state index in [1.165, 1.54) is 23.2 Å². The molecule has 0 aliphatic carbocycles. The minimum Gasteiger partial charge on any atom is -0.478 e. The van der Waals surface area contributed by atoms with Gasteiger partial charge in [0.05, 0.1) is 11.8 Å². The monoisotopic (exact) mass is 220 g/mol. The second kappa shape index (κ2) is 3.61. The summed E-state index contributed by atoms with van der Waals surface area (Å²) in [7, 11) is 1.58. The molecule has 7 nitrogen and oxygen atoms in total. The Morgan fingerprint density at radius 3 is 2.88 bits per heavy atom. The summed E-state index contributed by atoms with van der Waals surface area (Å²) in [6.07, 6.45) is 5.36. The molecule has 16 heavy (non-hydrogen) atoms. The van der Waals surface area contributed by atoms with E-state index in [9.17, 15) is 9.59 Å². The van der Waals surface area contributed by atoms with Gasteiger partial charge in [0.25, 0.3) is 5.56 Å². The van der Waals surface area contributed by atoms with E-state index in [-0.39, 0.29) is 16.9 Å². The van der Waals surface area contributed by atoms with E-state index in [1.54, 1.807) is 7.05 Å². The van der Waals surface area contributed by atoms with Gasteiger partial charge in [-0.2, -0.15) is 5.10 Å². The number of hydrogen-bond donors (Lipinski definition) is 1. The molecule has 7 heteroatoms. The molecule has 0 aromatic carbocycles. The molecule has 82 valence electrons. The van der Waals surface area contributed by atoms with E-state index in [0.29, 0.717) is 0 Å². The van der Waals surface area contributed by atoms with E-state index < -0.39 is 5.97 Å². The van der Waals surface area contributed by atoms with Crippen LogP contribution in [-0.2, 0) is 7.05 Å². The van der Waals surface area contributed by atoms with Crippen molar-refractivity contribution in [2.45, 2.75) is 0 Å². The second-order valence-electron chi connectivity index (χ2n) is 3.15. The van der Waals surface area contributed by atoms with Crippen LogP contribution in [-0.4, -0.2) is 30.4 Å². The molecule has 0 saturated carbocycles. The second-order valence-corrected chi connectivity index (χ2v) is 3.15. The first-order valence-corrected chi connectivity index (χ1v) is 4.39. The lowest BCUT2D eigenvalue weighted by Crippen LogP contribution is -2.23. The minimum atomic E-state index is -1.10. The summed E-state index contributed by atoms with van der Waals surface area (Å²) in [6.45, 7) is 0. The van der Waals surface area contributed by atoms with Gasteiger partial charge in [-0.3, -0.25) is 4.79 Å². The lowest BCUT2D eigenvalue weighted by molar-refractivity contribution is 0.0697. The zero-order valence-corrected chi connectivity index (χ0v) is 8.36. The van der Waals surface area contributed by atoms with Crippen LogP contribution in [0.3, 0.4) is 0 Å². The average Bonchev–Trinajstić information content (AvgIpc) is 2.71.